The number of hydrogen-bond donors (Lipinski definition) is 3. The molecule has 0 saturated heterocycles. The van der Waals surface area contributed by atoms with Crippen LogP contribution >= 0.6 is 0 Å². The molecule has 6 heteroatoms. The van der Waals surface area contributed by atoms with E-state index >= 15 is 0 Å². The summed E-state index contributed by atoms with van der Waals surface area (Å²) in [5.74, 6) is -1.95. The van der Waals surface area contributed by atoms with Gasteiger partial charge in [0.1, 0.15) is 5.82 Å². The van der Waals surface area contributed by atoms with Crippen molar-refractivity contribution in [2.45, 2.75) is 31.7 Å². The van der Waals surface area contributed by atoms with Crippen molar-refractivity contribution >= 4 is 17.7 Å². The molecule has 0 spiro atoms. The van der Waals surface area contributed by atoms with E-state index in [1.54, 1.807) is 0 Å². The number of aromatic carboxylic acids is 1. The maximum Gasteiger partial charge on any atom is 0.337 e. The molecule has 0 radical (unpaired) electrons. The highest BCUT2D eigenvalue weighted by molar-refractivity contribution is 6.00. The third-order valence-electron chi connectivity index (χ3n) is 3.33. The minimum absolute atomic E-state index is 0.0781. The van der Waals surface area contributed by atoms with Crippen molar-refractivity contribution < 1.29 is 19.1 Å². The number of benzene rings is 1. The van der Waals surface area contributed by atoms with E-state index in [9.17, 15) is 14.0 Å². The summed E-state index contributed by atoms with van der Waals surface area (Å²) in [4.78, 5) is 22.7. The summed E-state index contributed by atoms with van der Waals surface area (Å²) in [5, 5.41) is 14.2. The molecule has 1 aliphatic carbocycles. The summed E-state index contributed by atoms with van der Waals surface area (Å²) in [6.45, 7) is 1.93. The fourth-order valence-electron chi connectivity index (χ4n) is 2.06. The molecule has 1 aliphatic rings. The lowest BCUT2D eigenvalue weighted by molar-refractivity contribution is 0.0697. The highest BCUT2D eigenvalue weighted by atomic mass is 19.1. The maximum atomic E-state index is 13.0. The summed E-state index contributed by atoms with van der Waals surface area (Å²) in [5.41, 5.74) is -0.420. The molecule has 1 aromatic carbocycles. The van der Waals surface area contributed by atoms with Gasteiger partial charge in [-0.3, -0.25) is 0 Å². The van der Waals surface area contributed by atoms with Crippen molar-refractivity contribution in [2.75, 3.05) is 5.32 Å². The van der Waals surface area contributed by atoms with Gasteiger partial charge in [0, 0.05) is 5.54 Å². The summed E-state index contributed by atoms with van der Waals surface area (Å²) < 4.78 is 13.0. The van der Waals surface area contributed by atoms with Gasteiger partial charge in [0.2, 0.25) is 0 Å². The third-order valence-corrected chi connectivity index (χ3v) is 3.33. The Bertz CT molecular complexity index is 527. The molecule has 1 aromatic rings. The number of urea groups is 1. The lowest BCUT2D eigenvalue weighted by Gasteiger charge is -2.39. The summed E-state index contributed by atoms with van der Waals surface area (Å²) in [7, 11) is 0. The molecule has 0 heterocycles. The normalized spacial score (nSPS) is 16.3. The van der Waals surface area contributed by atoms with Crippen molar-refractivity contribution in [3.05, 3.63) is 29.6 Å². The Morgan fingerprint density at radius 3 is 2.58 bits per heavy atom. The van der Waals surface area contributed by atoms with E-state index in [0.717, 1.165) is 31.4 Å². The van der Waals surface area contributed by atoms with Crippen molar-refractivity contribution in [3.63, 3.8) is 0 Å². The largest absolute Gasteiger partial charge is 0.478 e. The average Bonchev–Trinajstić information content (AvgIpc) is 2.29. The van der Waals surface area contributed by atoms with Crippen LogP contribution in [0.4, 0.5) is 14.9 Å². The number of carbonyl (C=O) groups is 2. The first-order valence-electron chi connectivity index (χ1n) is 6.02. The predicted octanol–water partition coefficient (Wildman–Crippen LogP) is 2.59. The molecule has 0 unspecified atom stereocenters. The molecule has 0 aliphatic heterocycles. The molecule has 19 heavy (non-hydrogen) atoms. The molecule has 0 bridgehead atoms. The van der Waals surface area contributed by atoms with E-state index in [-0.39, 0.29) is 16.8 Å². The Balaban J connectivity index is 2.10. The molecule has 102 valence electrons. The fraction of sp³-hybridized carbons (Fsp3) is 0.385. The smallest absolute Gasteiger partial charge is 0.337 e. The Kier molecular flexibility index (Phi) is 3.42. The number of hydrogen-bond acceptors (Lipinski definition) is 2. The van der Waals surface area contributed by atoms with Gasteiger partial charge in [0.25, 0.3) is 0 Å². The van der Waals surface area contributed by atoms with Gasteiger partial charge in [-0.15, -0.1) is 0 Å². The highest BCUT2D eigenvalue weighted by Crippen LogP contribution is 2.31. The van der Waals surface area contributed by atoms with Gasteiger partial charge in [-0.2, -0.15) is 0 Å². The number of carboxylic acid groups (broad SMARTS) is 1. The zero-order chi connectivity index (χ0) is 14.0. The summed E-state index contributed by atoms with van der Waals surface area (Å²) in [6.07, 6.45) is 2.86. The van der Waals surface area contributed by atoms with Crippen molar-refractivity contribution in [1.82, 2.24) is 5.32 Å². The van der Waals surface area contributed by atoms with E-state index in [2.05, 4.69) is 10.6 Å². The van der Waals surface area contributed by atoms with E-state index < -0.39 is 17.8 Å². The van der Waals surface area contributed by atoms with Crippen LogP contribution in [0.5, 0.6) is 0 Å². The predicted molar refractivity (Wildman–Crippen MR) is 67.8 cm³/mol. The Morgan fingerprint density at radius 1 is 1.37 bits per heavy atom. The Morgan fingerprint density at radius 2 is 2.05 bits per heavy atom. The van der Waals surface area contributed by atoms with Crippen LogP contribution in [0.1, 0.15) is 36.5 Å². The van der Waals surface area contributed by atoms with Crippen molar-refractivity contribution in [1.29, 1.82) is 0 Å². The number of amides is 2. The molecule has 1 fully saturated rings. The van der Waals surface area contributed by atoms with Gasteiger partial charge < -0.3 is 15.7 Å². The van der Waals surface area contributed by atoms with E-state index in [4.69, 9.17) is 5.11 Å². The first-order valence-corrected chi connectivity index (χ1v) is 6.02. The first kappa shape index (κ1) is 13.3. The topological polar surface area (TPSA) is 78.4 Å². The van der Waals surface area contributed by atoms with Crippen LogP contribution in [0.15, 0.2) is 18.2 Å². The van der Waals surface area contributed by atoms with Crippen molar-refractivity contribution in [3.8, 4) is 0 Å². The monoisotopic (exact) mass is 266 g/mol. The second-order valence-corrected chi connectivity index (χ2v) is 4.99. The summed E-state index contributed by atoms with van der Waals surface area (Å²) in [6, 6.07) is 2.74. The van der Waals surface area contributed by atoms with Crippen LogP contribution in [0.25, 0.3) is 0 Å². The van der Waals surface area contributed by atoms with E-state index in [1.165, 1.54) is 6.07 Å². The Hall–Kier alpha value is -2.11. The molecule has 2 amide bonds. The molecule has 1 saturated carbocycles. The van der Waals surface area contributed by atoms with Crippen LogP contribution in [-0.4, -0.2) is 22.6 Å². The van der Waals surface area contributed by atoms with E-state index in [1.807, 2.05) is 6.92 Å². The van der Waals surface area contributed by atoms with Gasteiger partial charge >= 0.3 is 12.0 Å². The van der Waals surface area contributed by atoms with Gasteiger partial charge in [0.15, 0.2) is 0 Å². The highest BCUT2D eigenvalue weighted by Gasteiger charge is 2.33. The molecular weight excluding hydrogens is 251 g/mol. The van der Waals surface area contributed by atoms with E-state index in [0.29, 0.717) is 0 Å². The third kappa shape index (κ3) is 3.01. The second-order valence-electron chi connectivity index (χ2n) is 4.99. The zero-order valence-electron chi connectivity index (χ0n) is 10.5. The van der Waals surface area contributed by atoms with Crippen molar-refractivity contribution in [2.24, 2.45) is 0 Å². The second kappa shape index (κ2) is 4.87. The number of anilines is 1. The molecule has 5 nitrogen and oxygen atoms in total. The minimum atomic E-state index is -1.29. The SMILES string of the molecule is CC1(NC(=O)Nc2ccc(F)cc2C(=O)O)CCC1. The van der Waals surface area contributed by atoms with Crippen LogP contribution in [0, 0.1) is 5.82 Å². The number of halogens is 1. The number of carboxylic acids is 1. The summed E-state index contributed by atoms with van der Waals surface area (Å²) >= 11 is 0. The Labute approximate surface area is 109 Å². The first-order chi connectivity index (χ1) is 8.89. The van der Waals surface area contributed by atoms with Gasteiger partial charge in [-0.05, 0) is 44.4 Å². The molecule has 3 N–H and O–H groups in total. The lowest BCUT2D eigenvalue weighted by atomic mass is 9.79. The van der Waals surface area contributed by atoms with Crippen LogP contribution in [-0.2, 0) is 0 Å². The van der Waals surface area contributed by atoms with Crippen LogP contribution < -0.4 is 10.6 Å². The van der Waals surface area contributed by atoms with Gasteiger partial charge in [-0.1, -0.05) is 0 Å². The number of nitrogens with one attached hydrogen (secondary N) is 2. The lowest BCUT2D eigenvalue weighted by Crippen LogP contribution is -2.52. The molecular formula is C13H15FN2O3. The number of carbonyl (C=O) groups excluding carboxylic acids is 1. The molecule has 0 aromatic heterocycles. The molecule has 2 rings (SSSR count). The van der Waals surface area contributed by atoms with Gasteiger partial charge in [-0.25, -0.2) is 14.0 Å². The van der Waals surface area contributed by atoms with Crippen LogP contribution in [0.3, 0.4) is 0 Å². The minimum Gasteiger partial charge on any atom is -0.478 e. The number of rotatable bonds is 3. The van der Waals surface area contributed by atoms with Gasteiger partial charge in [0.05, 0.1) is 11.3 Å². The standard InChI is InChI=1S/C13H15FN2O3/c1-13(5-2-6-13)16-12(19)15-10-4-3-8(14)7-9(10)11(17)18/h3-4,7H,2,5-6H2,1H3,(H,17,18)(H2,15,16,19). The fourth-order valence-corrected chi connectivity index (χ4v) is 2.06. The van der Waals surface area contributed by atoms with Crippen LogP contribution in [0.2, 0.25) is 0 Å². The molecule has 0 atom stereocenters. The zero-order valence-corrected chi connectivity index (χ0v) is 10.5. The maximum absolute atomic E-state index is 13.0. The quantitative estimate of drug-likeness (QED) is 0.786. The average molecular weight is 266 g/mol.